The van der Waals surface area contributed by atoms with E-state index in [1.165, 1.54) is 33.5 Å². The van der Waals surface area contributed by atoms with Gasteiger partial charge in [0, 0.05) is 23.6 Å². The minimum Gasteiger partial charge on any atom is -0.493 e. The molecule has 31 heavy (non-hydrogen) atoms. The largest absolute Gasteiger partial charge is 0.493 e. The van der Waals surface area contributed by atoms with Crippen molar-refractivity contribution in [2.24, 2.45) is 0 Å². The second kappa shape index (κ2) is 9.24. The number of carbonyl (C=O) groups is 2. The highest BCUT2D eigenvalue weighted by molar-refractivity contribution is 5.96. The van der Waals surface area contributed by atoms with Gasteiger partial charge in [0.25, 0.3) is 5.91 Å². The lowest BCUT2D eigenvalue weighted by Crippen LogP contribution is -2.21. The van der Waals surface area contributed by atoms with Crippen LogP contribution in [0, 0.1) is 11.6 Å². The molecule has 0 saturated heterocycles. The van der Waals surface area contributed by atoms with Crippen LogP contribution in [0.2, 0.25) is 0 Å². The fourth-order valence-corrected chi connectivity index (χ4v) is 2.77. The maximum absolute atomic E-state index is 13.7. The highest BCUT2D eigenvalue weighted by Gasteiger charge is 2.18. The third-order valence-corrected chi connectivity index (χ3v) is 4.23. The molecule has 162 valence electrons. The number of carbonyl (C=O) groups excluding carboxylic acids is 2. The van der Waals surface area contributed by atoms with Gasteiger partial charge in [0.05, 0.1) is 32.5 Å². The number of pyridine rings is 1. The number of fused-ring (bicyclic) bond motifs is 1. The van der Waals surface area contributed by atoms with Gasteiger partial charge in [-0.1, -0.05) is 0 Å². The molecule has 0 aliphatic carbocycles. The molecule has 0 unspecified atom stereocenters. The van der Waals surface area contributed by atoms with E-state index in [0.29, 0.717) is 22.4 Å². The van der Waals surface area contributed by atoms with Crippen molar-refractivity contribution in [3.05, 3.63) is 53.7 Å². The number of nitrogens with one attached hydrogen (secondary N) is 1. The number of anilines is 1. The summed E-state index contributed by atoms with van der Waals surface area (Å²) in [5, 5.41) is 2.65. The minimum absolute atomic E-state index is 0.0613. The number of benzene rings is 2. The number of esters is 1. The molecule has 0 fully saturated rings. The standard InChI is InChI=1S/C21H18F2N2O6/c1-28-18-7-12-14(8-19(18)29-2)24-16(21(27)30-3)9-17(12)31-10-20(26)25-15-6-11(22)4-5-13(15)23/h4-9H,10H2,1-3H3,(H,25,26). The van der Waals surface area contributed by atoms with Crippen molar-refractivity contribution >= 4 is 28.5 Å². The summed E-state index contributed by atoms with van der Waals surface area (Å²) in [7, 11) is 4.09. The van der Waals surface area contributed by atoms with Crippen LogP contribution in [0.4, 0.5) is 14.5 Å². The van der Waals surface area contributed by atoms with E-state index < -0.39 is 30.1 Å². The van der Waals surface area contributed by atoms with Crippen LogP contribution in [-0.2, 0) is 9.53 Å². The van der Waals surface area contributed by atoms with E-state index in [1.807, 2.05) is 0 Å². The van der Waals surface area contributed by atoms with E-state index in [1.54, 1.807) is 6.07 Å². The van der Waals surface area contributed by atoms with Crippen molar-refractivity contribution in [2.75, 3.05) is 33.3 Å². The lowest BCUT2D eigenvalue weighted by Gasteiger charge is -2.14. The van der Waals surface area contributed by atoms with Crippen molar-refractivity contribution in [1.82, 2.24) is 4.98 Å². The van der Waals surface area contributed by atoms with Crippen LogP contribution < -0.4 is 19.5 Å². The van der Waals surface area contributed by atoms with Crippen LogP contribution >= 0.6 is 0 Å². The zero-order valence-corrected chi connectivity index (χ0v) is 16.8. The fourth-order valence-electron chi connectivity index (χ4n) is 2.77. The Labute approximate surface area is 175 Å². The van der Waals surface area contributed by atoms with Gasteiger partial charge in [-0.05, 0) is 18.2 Å². The van der Waals surface area contributed by atoms with E-state index in [0.717, 1.165) is 18.2 Å². The molecule has 3 aromatic rings. The summed E-state index contributed by atoms with van der Waals surface area (Å²) in [6.45, 7) is -0.552. The number of ether oxygens (including phenoxy) is 4. The molecule has 8 nitrogen and oxygen atoms in total. The molecule has 0 bridgehead atoms. The quantitative estimate of drug-likeness (QED) is 0.572. The molecule has 0 radical (unpaired) electrons. The number of halogens is 2. The molecule has 0 atom stereocenters. The topological polar surface area (TPSA) is 96.0 Å². The fraction of sp³-hybridized carbons (Fsp3) is 0.190. The zero-order valence-electron chi connectivity index (χ0n) is 16.8. The van der Waals surface area contributed by atoms with Gasteiger partial charge in [-0.2, -0.15) is 0 Å². The molecule has 1 amide bonds. The third-order valence-electron chi connectivity index (χ3n) is 4.23. The van der Waals surface area contributed by atoms with E-state index in [4.69, 9.17) is 18.9 Å². The van der Waals surface area contributed by atoms with Crippen LogP contribution in [0.25, 0.3) is 10.9 Å². The Morgan fingerprint density at radius 2 is 1.68 bits per heavy atom. The Hall–Kier alpha value is -3.95. The highest BCUT2D eigenvalue weighted by Crippen LogP contribution is 2.36. The number of rotatable bonds is 7. The summed E-state index contributed by atoms with van der Waals surface area (Å²) < 4.78 is 47.8. The SMILES string of the molecule is COC(=O)c1cc(OCC(=O)Nc2cc(F)ccc2F)c2cc(OC)c(OC)cc2n1. The molecule has 1 N–H and O–H groups in total. The van der Waals surface area contributed by atoms with Gasteiger partial charge in [0.15, 0.2) is 23.8 Å². The third kappa shape index (κ3) is 4.80. The first-order valence-corrected chi connectivity index (χ1v) is 8.89. The number of aromatic nitrogens is 1. The Kier molecular flexibility index (Phi) is 6.49. The summed E-state index contributed by atoms with van der Waals surface area (Å²) in [6, 6.07) is 7.08. The molecule has 2 aromatic carbocycles. The van der Waals surface area contributed by atoms with E-state index in [2.05, 4.69) is 10.3 Å². The minimum atomic E-state index is -0.797. The maximum atomic E-state index is 13.7. The first kappa shape index (κ1) is 21.8. The van der Waals surface area contributed by atoms with Gasteiger partial charge >= 0.3 is 5.97 Å². The lowest BCUT2D eigenvalue weighted by atomic mass is 10.1. The number of amides is 1. The van der Waals surface area contributed by atoms with E-state index in [-0.39, 0.29) is 17.1 Å². The van der Waals surface area contributed by atoms with Crippen molar-refractivity contribution < 1.29 is 37.3 Å². The molecular weight excluding hydrogens is 414 g/mol. The summed E-state index contributed by atoms with van der Waals surface area (Å²) in [5.41, 5.74) is -0.0595. The predicted octanol–water partition coefficient (Wildman–Crippen LogP) is 3.33. The number of hydrogen-bond donors (Lipinski definition) is 1. The molecule has 1 heterocycles. The summed E-state index contributed by atoms with van der Waals surface area (Å²) in [4.78, 5) is 28.4. The zero-order chi connectivity index (χ0) is 22.5. The molecule has 0 aliphatic heterocycles. The molecule has 3 rings (SSSR count). The predicted molar refractivity (Wildman–Crippen MR) is 107 cm³/mol. The molecule has 1 aromatic heterocycles. The monoisotopic (exact) mass is 432 g/mol. The van der Waals surface area contributed by atoms with Gasteiger partial charge in [0.2, 0.25) is 0 Å². The summed E-state index contributed by atoms with van der Waals surface area (Å²) in [5.74, 6) is -2.09. The molecule has 10 heteroatoms. The first-order chi connectivity index (χ1) is 14.9. The lowest BCUT2D eigenvalue weighted by molar-refractivity contribution is -0.118. The van der Waals surface area contributed by atoms with Gasteiger partial charge in [-0.15, -0.1) is 0 Å². The molecule has 0 saturated carbocycles. The average Bonchev–Trinajstić information content (AvgIpc) is 2.78. The average molecular weight is 432 g/mol. The Bertz CT molecular complexity index is 1150. The maximum Gasteiger partial charge on any atom is 0.356 e. The molecule has 0 aliphatic rings. The second-order valence-corrected chi connectivity index (χ2v) is 6.18. The smallest absolute Gasteiger partial charge is 0.356 e. The molecule has 0 spiro atoms. The Morgan fingerprint density at radius 1 is 0.968 bits per heavy atom. The van der Waals surface area contributed by atoms with Gasteiger partial charge in [0.1, 0.15) is 17.4 Å². The van der Waals surface area contributed by atoms with Gasteiger partial charge < -0.3 is 24.3 Å². The van der Waals surface area contributed by atoms with Crippen LogP contribution in [0.3, 0.4) is 0 Å². The number of hydrogen-bond acceptors (Lipinski definition) is 7. The normalized spacial score (nSPS) is 10.5. The summed E-state index contributed by atoms with van der Waals surface area (Å²) in [6.07, 6.45) is 0. The highest BCUT2D eigenvalue weighted by atomic mass is 19.1. The second-order valence-electron chi connectivity index (χ2n) is 6.18. The first-order valence-electron chi connectivity index (χ1n) is 8.89. The van der Waals surface area contributed by atoms with E-state index in [9.17, 15) is 18.4 Å². The Morgan fingerprint density at radius 3 is 2.35 bits per heavy atom. The van der Waals surface area contributed by atoms with Crippen LogP contribution in [0.15, 0.2) is 36.4 Å². The number of methoxy groups -OCH3 is 3. The van der Waals surface area contributed by atoms with Gasteiger partial charge in [-0.3, -0.25) is 4.79 Å². The van der Waals surface area contributed by atoms with Crippen molar-refractivity contribution in [3.63, 3.8) is 0 Å². The van der Waals surface area contributed by atoms with Crippen LogP contribution in [0.5, 0.6) is 17.2 Å². The van der Waals surface area contributed by atoms with E-state index >= 15 is 0 Å². The molecular formula is C21H18F2N2O6. The van der Waals surface area contributed by atoms with Crippen LogP contribution in [0.1, 0.15) is 10.5 Å². The summed E-state index contributed by atoms with van der Waals surface area (Å²) >= 11 is 0. The van der Waals surface area contributed by atoms with Crippen molar-refractivity contribution in [3.8, 4) is 17.2 Å². The van der Waals surface area contributed by atoms with Crippen molar-refractivity contribution in [1.29, 1.82) is 0 Å². The van der Waals surface area contributed by atoms with Crippen molar-refractivity contribution in [2.45, 2.75) is 0 Å². The van der Waals surface area contributed by atoms with Gasteiger partial charge in [-0.25, -0.2) is 18.6 Å². The number of nitrogens with zero attached hydrogens (tertiary/aromatic N) is 1. The Balaban J connectivity index is 1.92. The van der Waals surface area contributed by atoms with Crippen LogP contribution in [-0.4, -0.2) is 44.8 Å².